The molecule has 0 aliphatic rings. The van der Waals surface area contributed by atoms with Crippen LogP contribution in [0.3, 0.4) is 0 Å². The van der Waals surface area contributed by atoms with Crippen LogP contribution in [0.15, 0.2) is 30.3 Å². The van der Waals surface area contributed by atoms with Crippen molar-refractivity contribution in [1.82, 2.24) is 19.6 Å². The van der Waals surface area contributed by atoms with Crippen molar-refractivity contribution in [3.05, 3.63) is 53.0 Å². The molecule has 0 saturated carbocycles. The van der Waals surface area contributed by atoms with Crippen molar-refractivity contribution < 1.29 is 0 Å². The highest BCUT2D eigenvalue weighted by Crippen LogP contribution is 2.13. The summed E-state index contributed by atoms with van der Waals surface area (Å²) >= 11 is 0. The Morgan fingerprint density at radius 2 is 1.86 bits per heavy atom. The van der Waals surface area contributed by atoms with Crippen LogP contribution in [0.1, 0.15) is 29.6 Å². The van der Waals surface area contributed by atoms with Crippen molar-refractivity contribution >= 4 is 11.6 Å². The van der Waals surface area contributed by atoms with Gasteiger partial charge in [0.15, 0.2) is 5.82 Å². The molecule has 0 saturated heterocycles. The van der Waals surface area contributed by atoms with Crippen LogP contribution in [-0.4, -0.2) is 19.6 Å². The van der Waals surface area contributed by atoms with Crippen molar-refractivity contribution in [2.75, 3.05) is 5.32 Å². The van der Waals surface area contributed by atoms with Crippen LogP contribution in [0.25, 0.3) is 5.78 Å². The molecule has 5 heteroatoms. The van der Waals surface area contributed by atoms with Crippen LogP contribution in [0.5, 0.6) is 0 Å². The zero-order valence-corrected chi connectivity index (χ0v) is 12.6. The van der Waals surface area contributed by atoms with E-state index in [1.165, 1.54) is 11.1 Å². The molecule has 0 unspecified atom stereocenters. The number of rotatable bonds is 4. The number of nitrogens with one attached hydrogen (secondary N) is 1. The number of aromatic nitrogens is 4. The van der Waals surface area contributed by atoms with Crippen molar-refractivity contribution in [3.63, 3.8) is 0 Å². The first-order chi connectivity index (χ1) is 10.2. The SMILES string of the molecule is CCc1nc2nc(C)cc(NCc3ccc(C)cc3)n2n1. The van der Waals surface area contributed by atoms with Crippen molar-refractivity contribution in [2.24, 2.45) is 0 Å². The van der Waals surface area contributed by atoms with Gasteiger partial charge in [-0.3, -0.25) is 0 Å². The zero-order chi connectivity index (χ0) is 14.8. The molecule has 5 nitrogen and oxygen atoms in total. The van der Waals surface area contributed by atoms with Crippen LogP contribution < -0.4 is 5.32 Å². The van der Waals surface area contributed by atoms with E-state index in [4.69, 9.17) is 0 Å². The Bertz CT molecular complexity index is 758. The second-order valence-electron chi connectivity index (χ2n) is 5.22. The van der Waals surface area contributed by atoms with E-state index in [0.29, 0.717) is 5.78 Å². The normalized spacial score (nSPS) is 11.0. The predicted octanol–water partition coefficient (Wildman–Crippen LogP) is 2.92. The highest BCUT2D eigenvalue weighted by Gasteiger charge is 2.08. The molecule has 3 aromatic rings. The molecule has 0 aliphatic carbocycles. The van der Waals surface area contributed by atoms with Gasteiger partial charge in [-0.1, -0.05) is 36.8 Å². The summed E-state index contributed by atoms with van der Waals surface area (Å²) in [5, 5.41) is 7.90. The summed E-state index contributed by atoms with van der Waals surface area (Å²) in [6, 6.07) is 10.5. The van der Waals surface area contributed by atoms with E-state index < -0.39 is 0 Å². The Kier molecular flexibility index (Phi) is 3.56. The molecule has 0 radical (unpaired) electrons. The molecule has 2 heterocycles. The molecule has 0 aliphatic heterocycles. The third-order valence-electron chi connectivity index (χ3n) is 3.39. The number of nitrogens with zero attached hydrogens (tertiary/aromatic N) is 4. The minimum absolute atomic E-state index is 0.651. The largest absolute Gasteiger partial charge is 0.366 e. The Labute approximate surface area is 124 Å². The average Bonchev–Trinajstić information content (AvgIpc) is 2.89. The third kappa shape index (κ3) is 2.86. The van der Waals surface area contributed by atoms with Gasteiger partial charge < -0.3 is 5.32 Å². The fourth-order valence-electron chi connectivity index (χ4n) is 2.20. The van der Waals surface area contributed by atoms with Gasteiger partial charge >= 0.3 is 0 Å². The average molecular weight is 281 g/mol. The number of hydrogen-bond donors (Lipinski definition) is 1. The Hall–Kier alpha value is -2.43. The molecular weight excluding hydrogens is 262 g/mol. The van der Waals surface area contributed by atoms with Crippen LogP contribution >= 0.6 is 0 Å². The summed E-state index contributed by atoms with van der Waals surface area (Å²) in [7, 11) is 0. The first-order valence-corrected chi connectivity index (χ1v) is 7.18. The highest BCUT2D eigenvalue weighted by molar-refractivity contribution is 5.45. The fraction of sp³-hybridized carbons (Fsp3) is 0.312. The van der Waals surface area contributed by atoms with Gasteiger partial charge in [0, 0.05) is 24.7 Å². The Balaban J connectivity index is 1.88. The molecule has 3 rings (SSSR count). The van der Waals surface area contributed by atoms with Gasteiger partial charge in [0.2, 0.25) is 0 Å². The molecule has 1 N–H and O–H groups in total. The summed E-state index contributed by atoms with van der Waals surface area (Å²) < 4.78 is 1.78. The highest BCUT2D eigenvalue weighted by atomic mass is 15.4. The van der Waals surface area contributed by atoms with Gasteiger partial charge in [0.05, 0.1) is 0 Å². The maximum Gasteiger partial charge on any atom is 0.254 e. The van der Waals surface area contributed by atoms with Crippen LogP contribution in [0.2, 0.25) is 0 Å². The standard InChI is InChI=1S/C16H19N5/c1-4-14-19-16-18-12(3)9-15(21(16)20-14)17-10-13-7-5-11(2)6-8-13/h5-9,17H,4,10H2,1-3H3. The van der Waals surface area contributed by atoms with Gasteiger partial charge in [-0.25, -0.2) is 4.98 Å². The van der Waals surface area contributed by atoms with E-state index >= 15 is 0 Å². The van der Waals surface area contributed by atoms with E-state index in [1.807, 2.05) is 19.9 Å². The van der Waals surface area contributed by atoms with Gasteiger partial charge in [0.25, 0.3) is 5.78 Å². The minimum atomic E-state index is 0.651. The molecule has 21 heavy (non-hydrogen) atoms. The number of benzene rings is 1. The Morgan fingerprint density at radius 3 is 2.57 bits per heavy atom. The first-order valence-electron chi connectivity index (χ1n) is 7.18. The van der Waals surface area contributed by atoms with E-state index in [-0.39, 0.29) is 0 Å². The van der Waals surface area contributed by atoms with Crippen LogP contribution in [0, 0.1) is 13.8 Å². The van der Waals surface area contributed by atoms with Crippen LogP contribution in [-0.2, 0) is 13.0 Å². The fourth-order valence-corrected chi connectivity index (χ4v) is 2.20. The van der Waals surface area contributed by atoms with Gasteiger partial charge in [0.1, 0.15) is 5.82 Å². The molecule has 2 aromatic heterocycles. The van der Waals surface area contributed by atoms with Crippen molar-refractivity contribution in [1.29, 1.82) is 0 Å². The third-order valence-corrected chi connectivity index (χ3v) is 3.39. The van der Waals surface area contributed by atoms with Crippen LogP contribution in [0.4, 0.5) is 5.82 Å². The zero-order valence-electron chi connectivity index (χ0n) is 12.6. The minimum Gasteiger partial charge on any atom is -0.366 e. The lowest BCUT2D eigenvalue weighted by Crippen LogP contribution is -2.07. The van der Waals surface area contributed by atoms with E-state index in [0.717, 1.165) is 30.3 Å². The number of hydrogen-bond acceptors (Lipinski definition) is 4. The number of aryl methyl sites for hydroxylation is 3. The molecule has 0 atom stereocenters. The summed E-state index contributed by atoms with van der Waals surface area (Å²) in [6.45, 7) is 6.85. The second-order valence-corrected chi connectivity index (χ2v) is 5.22. The van der Waals surface area contributed by atoms with Gasteiger partial charge in [-0.05, 0) is 19.4 Å². The smallest absolute Gasteiger partial charge is 0.254 e. The Morgan fingerprint density at radius 1 is 1.10 bits per heavy atom. The predicted molar refractivity (Wildman–Crippen MR) is 83.4 cm³/mol. The lowest BCUT2D eigenvalue weighted by Gasteiger charge is -2.09. The summed E-state index contributed by atoms with van der Waals surface area (Å²) in [4.78, 5) is 8.84. The van der Waals surface area contributed by atoms with Gasteiger partial charge in [-0.15, -0.1) is 5.10 Å². The first kappa shape index (κ1) is 13.5. The van der Waals surface area contributed by atoms with Crippen molar-refractivity contribution in [3.8, 4) is 0 Å². The molecule has 0 bridgehead atoms. The van der Waals surface area contributed by atoms with E-state index in [9.17, 15) is 0 Å². The molecule has 0 amide bonds. The molecule has 0 fully saturated rings. The monoisotopic (exact) mass is 281 g/mol. The lowest BCUT2D eigenvalue weighted by atomic mass is 10.1. The van der Waals surface area contributed by atoms with Crippen molar-refractivity contribution in [2.45, 2.75) is 33.7 Å². The lowest BCUT2D eigenvalue weighted by molar-refractivity contribution is 0.871. The van der Waals surface area contributed by atoms with E-state index in [1.54, 1.807) is 4.52 Å². The number of fused-ring (bicyclic) bond motifs is 1. The summed E-state index contributed by atoms with van der Waals surface area (Å²) in [5.41, 5.74) is 3.44. The summed E-state index contributed by atoms with van der Waals surface area (Å²) in [5.74, 6) is 2.38. The summed E-state index contributed by atoms with van der Waals surface area (Å²) in [6.07, 6.45) is 0.805. The maximum absolute atomic E-state index is 4.48. The van der Waals surface area contributed by atoms with Gasteiger partial charge in [-0.2, -0.15) is 9.50 Å². The molecular formula is C16H19N5. The number of anilines is 1. The quantitative estimate of drug-likeness (QED) is 0.799. The topological polar surface area (TPSA) is 55.1 Å². The molecule has 1 aromatic carbocycles. The van der Waals surface area contributed by atoms with E-state index in [2.05, 4.69) is 51.6 Å². The molecule has 0 spiro atoms. The second kappa shape index (κ2) is 5.52. The molecule has 108 valence electrons. The maximum atomic E-state index is 4.48.